The van der Waals surface area contributed by atoms with Gasteiger partial charge in [-0.15, -0.1) is 0 Å². The monoisotopic (exact) mass is 701 g/mol. The number of carbonyl (C=O) groups is 2. The Morgan fingerprint density at radius 2 is 1.73 bits per heavy atom. The van der Waals surface area contributed by atoms with Crippen LogP contribution in [0.3, 0.4) is 0 Å². The van der Waals surface area contributed by atoms with Gasteiger partial charge in [0.1, 0.15) is 11.5 Å². The number of hydrazone groups is 1. The number of nitrogens with one attached hydrogen (secondary N) is 2. The van der Waals surface area contributed by atoms with Crippen molar-refractivity contribution in [2.45, 2.75) is 0 Å². The zero-order valence-corrected chi connectivity index (χ0v) is 24.8. The Balaban J connectivity index is 1.46. The molecule has 0 fully saturated rings. The van der Waals surface area contributed by atoms with E-state index in [2.05, 4.69) is 47.4 Å². The van der Waals surface area contributed by atoms with Crippen molar-refractivity contribution in [3.8, 4) is 16.9 Å². The topological polar surface area (TPSA) is 83.5 Å². The van der Waals surface area contributed by atoms with Gasteiger partial charge in [-0.1, -0.05) is 69.5 Å². The first-order valence-corrected chi connectivity index (χ1v) is 13.9. The molecule has 0 atom stereocenters. The van der Waals surface area contributed by atoms with E-state index in [4.69, 9.17) is 27.9 Å². The summed E-state index contributed by atoms with van der Waals surface area (Å²) in [4.78, 5) is 28.9. The summed E-state index contributed by atoms with van der Waals surface area (Å²) in [5.74, 6) is -1.57. The van der Waals surface area contributed by atoms with E-state index in [9.17, 15) is 14.0 Å². The molecule has 0 aliphatic carbocycles. The molecule has 2 N–H and O–H groups in total. The highest BCUT2D eigenvalue weighted by Crippen LogP contribution is 2.37. The lowest BCUT2D eigenvalue weighted by atomic mass is 10.0. The number of rotatable bonds is 6. The van der Waals surface area contributed by atoms with E-state index in [-0.39, 0.29) is 17.0 Å². The molecule has 4 aromatic carbocycles. The van der Waals surface area contributed by atoms with Crippen LogP contribution in [0.25, 0.3) is 22.0 Å². The van der Waals surface area contributed by atoms with Crippen molar-refractivity contribution < 1.29 is 18.7 Å². The Labute approximate surface area is 254 Å². The number of para-hydroxylation sites is 1. The number of aromatic amines is 1. The van der Waals surface area contributed by atoms with E-state index in [0.717, 1.165) is 0 Å². The van der Waals surface area contributed by atoms with Crippen LogP contribution in [0.15, 0.2) is 92.9 Å². The molecule has 0 radical (unpaired) electrons. The van der Waals surface area contributed by atoms with Crippen LogP contribution >= 0.6 is 55.1 Å². The number of ether oxygens (including phenoxy) is 1. The second-order valence-corrected chi connectivity index (χ2v) is 11.0. The highest BCUT2D eigenvalue weighted by atomic mass is 79.9. The number of halogens is 5. The lowest BCUT2D eigenvalue weighted by molar-refractivity contribution is 0.0733. The first kappa shape index (κ1) is 28.0. The maximum atomic E-state index is 14.6. The maximum Gasteiger partial charge on any atom is 0.343 e. The fourth-order valence-corrected chi connectivity index (χ4v) is 5.73. The van der Waals surface area contributed by atoms with E-state index < -0.39 is 17.7 Å². The van der Waals surface area contributed by atoms with Gasteiger partial charge in [0.15, 0.2) is 5.75 Å². The van der Waals surface area contributed by atoms with Gasteiger partial charge in [0.05, 0.1) is 21.8 Å². The standard InChI is InChI=1S/C29H16Br2Cl2FN3O3/c30-17-12-16(27(21(31)13-17)40-29(39)15-8-10-18(32)11-9-15)14-35-37-28(38)26-24(19-4-1-2-6-22(19)33)20-5-3-7-23(34)25(20)36-26/h1-14,36H,(H,37,38). The predicted octanol–water partition coefficient (Wildman–Crippen LogP) is 8.79. The Morgan fingerprint density at radius 1 is 0.975 bits per heavy atom. The summed E-state index contributed by atoms with van der Waals surface area (Å²) >= 11 is 19.2. The summed E-state index contributed by atoms with van der Waals surface area (Å²) in [5, 5.41) is 5.46. The predicted molar refractivity (Wildman–Crippen MR) is 162 cm³/mol. The van der Waals surface area contributed by atoms with Gasteiger partial charge in [-0.2, -0.15) is 5.10 Å². The Morgan fingerprint density at radius 3 is 2.48 bits per heavy atom. The van der Waals surface area contributed by atoms with Gasteiger partial charge in [0.25, 0.3) is 5.91 Å². The van der Waals surface area contributed by atoms with Gasteiger partial charge >= 0.3 is 5.97 Å². The summed E-state index contributed by atoms with van der Waals surface area (Å²) in [6.07, 6.45) is 1.33. The van der Waals surface area contributed by atoms with Crippen molar-refractivity contribution in [3.63, 3.8) is 0 Å². The fraction of sp³-hybridized carbons (Fsp3) is 0. The molecule has 5 aromatic rings. The molecule has 0 spiro atoms. The minimum atomic E-state index is -0.629. The summed E-state index contributed by atoms with van der Waals surface area (Å²) < 4.78 is 21.4. The third-order valence-corrected chi connectivity index (χ3v) is 7.46. The minimum absolute atomic E-state index is 0.0789. The number of fused-ring (bicyclic) bond motifs is 1. The van der Waals surface area contributed by atoms with E-state index in [1.807, 2.05) is 0 Å². The Hall–Kier alpha value is -3.50. The number of nitrogens with zero attached hydrogens (tertiary/aromatic N) is 1. The molecule has 1 heterocycles. The lowest BCUT2D eigenvalue weighted by Crippen LogP contribution is -2.19. The number of hydrogen-bond donors (Lipinski definition) is 2. The van der Waals surface area contributed by atoms with E-state index in [1.165, 1.54) is 12.3 Å². The normalized spacial score (nSPS) is 11.2. The molecule has 40 heavy (non-hydrogen) atoms. The van der Waals surface area contributed by atoms with Crippen molar-refractivity contribution in [1.29, 1.82) is 0 Å². The van der Waals surface area contributed by atoms with Crippen LogP contribution in [0.4, 0.5) is 4.39 Å². The van der Waals surface area contributed by atoms with Crippen molar-refractivity contribution >= 4 is 84.1 Å². The largest absolute Gasteiger partial charge is 0.421 e. The van der Waals surface area contributed by atoms with Crippen LogP contribution < -0.4 is 10.2 Å². The van der Waals surface area contributed by atoms with Crippen LogP contribution in [-0.2, 0) is 0 Å². The number of esters is 1. The smallest absolute Gasteiger partial charge is 0.343 e. The molecule has 1 amide bonds. The molecule has 200 valence electrons. The molecule has 0 unspecified atom stereocenters. The molecule has 0 aliphatic rings. The summed E-state index contributed by atoms with van der Waals surface area (Å²) in [5.41, 5.74) is 4.39. The summed E-state index contributed by atoms with van der Waals surface area (Å²) in [6.45, 7) is 0. The molecular formula is C29H16Br2Cl2FN3O3. The van der Waals surface area contributed by atoms with Gasteiger partial charge in [-0.3, -0.25) is 4.79 Å². The highest BCUT2D eigenvalue weighted by molar-refractivity contribution is 9.11. The SMILES string of the molecule is O=C(Oc1c(Br)cc(Br)cc1C=NNC(=O)c1[nH]c2c(F)cccc2c1-c1ccccc1Cl)c1ccc(Cl)cc1. The van der Waals surface area contributed by atoms with E-state index >= 15 is 0 Å². The van der Waals surface area contributed by atoms with Gasteiger partial charge in [0.2, 0.25) is 0 Å². The molecule has 6 nitrogen and oxygen atoms in total. The first-order valence-electron chi connectivity index (χ1n) is 11.6. The Kier molecular flexibility index (Phi) is 8.37. The molecule has 1 aromatic heterocycles. The third kappa shape index (κ3) is 5.83. The summed E-state index contributed by atoms with van der Waals surface area (Å²) in [7, 11) is 0. The van der Waals surface area contributed by atoms with Crippen molar-refractivity contribution in [2.75, 3.05) is 0 Å². The molecule has 0 bridgehead atoms. The quantitative estimate of drug-likeness (QED) is 0.0803. The number of carbonyl (C=O) groups excluding carboxylic acids is 2. The molecular weight excluding hydrogens is 688 g/mol. The van der Waals surface area contributed by atoms with Crippen LogP contribution in [-0.4, -0.2) is 23.1 Å². The van der Waals surface area contributed by atoms with E-state index in [0.29, 0.717) is 46.6 Å². The average molecular weight is 704 g/mol. The number of H-pyrrole nitrogens is 1. The maximum absolute atomic E-state index is 14.6. The third-order valence-electron chi connectivity index (χ3n) is 5.83. The van der Waals surface area contributed by atoms with Crippen molar-refractivity contribution in [1.82, 2.24) is 10.4 Å². The first-order chi connectivity index (χ1) is 19.2. The lowest BCUT2D eigenvalue weighted by Gasteiger charge is -2.11. The number of amides is 1. The van der Waals surface area contributed by atoms with Crippen LogP contribution in [0.5, 0.6) is 5.75 Å². The molecule has 0 aliphatic heterocycles. The zero-order valence-electron chi connectivity index (χ0n) is 20.1. The van der Waals surface area contributed by atoms with Crippen LogP contribution in [0.2, 0.25) is 10.0 Å². The van der Waals surface area contributed by atoms with Gasteiger partial charge in [-0.05, 0) is 64.5 Å². The second-order valence-electron chi connectivity index (χ2n) is 8.42. The van der Waals surface area contributed by atoms with Gasteiger partial charge in [0, 0.05) is 36.6 Å². The van der Waals surface area contributed by atoms with Crippen molar-refractivity contribution in [3.05, 3.63) is 120 Å². The second kappa shape index (κ2) is 11.9. The molecule has 0 saturated carbocycles. The van der Waals surface area contributed by atoms with Crippen molar-refractivity contribution in [2.24, 2.45) is 5.10 Å². The van der Waals surface area contributed by atoms with Gasteiger partial charge in [-0.25, -0.2) is 14.6 Å². The minimum Gasteiger partial charge on any atom is -0.421 e. The van der Waals surface area contributed by atoms with Crippen LogP contribution in [0, 0.1) is 5.82 Å². The zero-order chi connectivity index (χ0) is 28.4. The average Bonchev–Trinajstić information content (AvgIpc) is 3.32. The summed E-state index contributed by atoms with van der Waals surface area (Å²) in [6, 6.07) is 21.2. The highest BCUT2D eigenvalue weighted by Gasteiger charge is 2.22. The number of aromatic nitrogens is 1. The fourth-order valence-electron chi connectivity index (χ4n) is 4.03. The van der Waals surface area contributed by atoms with Gasteiger partial charge < -0.3 is 9.72 Å². The number of benzene rings is 4. The molecule has 0 saturated heterocycles. The Bertz CT molecular complexity index is 1810. The van der Waals surface area contributed by atoms with Crippen LogP contribution in [0.1, 0.15) is 26.4 Å². The molecule has 11 heteroatoms. The molecule has 5 rings (SSSR count). The number of hydrogen-bond acceptors (Lipinski definition) is 4. The van der Waals surface area contributed by atoms with E-state index in [1.54, 1.807) is 72.8 Å².